The van der Waals surface area contributed by atoms with Crippen LogP contribution < -0.4 is 10.6 Å². The van der Waals surface area contributed by atoms with Gasteiger partial charge in [0, 0.05) is 46.4 Å². The molecule has 0 aromatic carbocycles. The molecule has 1 aliphatic heterocycles. The highest BCUT2D eigenvalue weighted by molar-refractivity contribution is 14.0. The van der Waals surface area contributed by atoms with Crippen molar-refractivity contribution in [2.75, 3.05) is 53.0 Å². The highest BCUT2D eigenvalue weighted by Crippen LogP contribution is 2.17. The fourth-order valence-electron chi connectivity index (χ4n) is 2.97. The number of hydrogen-bond acceptors (Lipinski definition) is 3. The molecule has 23 heavy (non-hydrogen) atoms. The van der Waals surface area contributed by atoms with Gasteiger partial charge in [-0.1, -0.05) is 13.8 Å². The quantitative estimate of drug-likeness (QED) is 0.251. The fraction of sp³-hybridized carbons (Fsp3) is 0.941. The Morgan fingerprint density at radius 3 is 2.78 bits per heavy atom. The van der Waals surface area contributed by atoms with Crippen LogP contribution in [0.15, 0.2) is 4.99 Å². The molecule has 1 rings (SSSR count). The second-order valence-corrected chi connectivity index (χ2v) is 6.65. The summed E-state index contributed by atoms with van der Waals surface area (Å²) in [7, 11) is 1.74. The lowest BCUT2D eigenvalue weighted by molar-refractivity contribution is 0.162. The van der Waals surface area contributed by atoms with E-state index in [-0.39, 0.29) is 24.0 Å². The molecule has 138 valence electrons. The molecule has 1 saturated heterocycles. The van der Waals surface area contributed by atoms with Gasteiger partial charge in [-0.15, -0.1) is 24.0 Å². The molecule has 0 bridgehead atoms. The SMILES string of the molecule is CCNC(=NCC1CCCN(CC(C)C)C1)NCCCOC.I. The number of nitrogens with one attached hydrogen (secondary N) is 2. The van der Waals surface area contributed by atoms with E-state index in [4.69, 9.17) is 9.73 Å². The van der Waals surface area contributed by atoms with E-state index in [1.807, 2.05) is 0 Å². The van der Waals surface area contributed by atoms with Crippen LogP contribution in [0.4, 0.5) is 0 Å². The summed E-state index contributed by atoms with van der Waals surface area (Å²) in [6.45, 7) is 13.9. The molecule has 0 saturated carbocycles. The fourth-order valence-corrected chi connectivity index (χ4v) is 2.97. The van der Waals surface area contributed by atoms with Crippen LogP contribution in [0, 0.1) is 11.8 Å². The van der Waals surface area contributed by atoms with Gasteiger partial charge >= 0.3 is 0 Å². The Balaban J connectivity index is 0.00000484. The number of rotatable bonds is 9. The summed E-state index contributed by atoms with van der Waals surface area (Å²) in [4.78, 5) is 7.38. The Kier molecular flexibility index (Phi) is 14.2. The van der Waals surface area contributed by atoms with Gasteiger partial charge in [-0.05, 0) is 44.6 Å². The standard InChI is InChI=1S/C17H36N4O.HI/c1-5-18-17(19-9-7-11-22-4)20-12-16-8-6-10-21(14-16)13-15(2)3;/h15-16H,5-14H2,1-4H3,(H2,18,19,20);1H. The van der Waals surface area contributed by atoms with Gasteiger partial charge in [-0.25, -0.2) is 0 Å². The Morgan fingerprint density at radius 1 is 1.35 bits per heavy atom. The number of ether oxygens (including phenoxy) is 1. The largest absolute Gasteiger partial charge is 0.385 e. The predicted molar refractivity (Wildman–Crippen MR) is 110 cm³/mol. The van der Waals surface area contributed by atoms with Crippen LogP contribution >= 0.6 is 24.0 Å². The van der Waals surface area contributed by atoms with Crippen LogP contribution in [0.1, 0.15) is 40.0 Å². The molecule has 5 nitrogen and oxygen atoms in total. The molecule has 2 N–H and O–H groups in total. The first-order valence-corrected chi connectivity index (χ1v) is 8.89. The number of halogens is 1. The maximum atomic E-state index is 5.08. The molecule has 0 radical (unpaired) electrons. The molecule has 0 spiro atoms. The van der Waals surface area contributed by atoms with Crippen molar-refractivity contribution in [3.05, 3.63) is 0 Å². The van der Waals surface area contributed by atoms with Crippen molar-refractivity contribution in [3.63, 3.8) is 0 Å². The Hall–Kier alpha value is -0.0800. The molecule has 1 unspecified atom stereocenters. The molecule has 1 heterocycles. The Morgan fingerprint density at radius 2 is 2.13 bits per heavy atom. The maximum absolute atomic E-state index is 5.08. The van der Waals surface area contributed by atoms with Crippen LogP contribution in [-0.4, -0.2) is 63.8 Å². The van der Waals surface area contributed by atoms with Gasteiger partial charge < -0.3 is 20.3 Å². The van der Waals surface area contributed by atoms with Crippen molar-refractivity contribution < 1.29 is 4.74 Å². The van der Waals surface area contributed by atoms with E-state index in [1.165, 1.54) is 32.5 Å². The molecule has 0 aromatic heterocycles. The van der Waals surface area contributed by atoms with Crippen molar-refractivity contribution in [2.45, 2.75) is 40.0 Å². The molecule has 0 aliphatic carbocycles. The normalized spacial score (nSPS) is 19.5. The number of guanidine groups is 1. The average molecular weight is 440 g/mol. The molecule has 1 atom stereocenters. The summed E-state index contributed by atoms with van der Waals surface area (Å²) in [5.74, 6) is 2.39. The van der Waals surface area contributed by atoms with Crippen molar-refractivity contribution in [2.24, 2.45) is 16.8 Å². The lowest BCUT2D eigenvalue weighted by atomic mass is 9.97. The first-order valence-electron chi connectivity index (χ1n) is 8.89. The van der Waals surface area contributed by atoms with Crippen LogP contribution in [0.2, 0.25) is 0 Å². The zero-order chi connectivity index (χ0) is 16.2. The molecule has 0 amide bonds. The van der Waals surface area contributed by atoms with E-state index in [0.29, 0.717) is 5.92 Å². The molecular formula is C17H37IN4O. The third-order valence-corrected chi connectivity index (χ3v) is 3.90. The third kappa shape index (κ3) is 11.2. The summed E-state index contributed by atoms with van der Waals surface area (Å²) < 4.78 is 5.08. The van der Waals surface area contributed by atoms with Gasteiger partial charge in [-0.2, -0.15) is 0 Å². The summed E-state index contributed by atoms with van der Waals surface area (Å²) in [5.41, 5.74) is 0. The van der Waals surface area contributed by atoms with Crippen molar-refractivity contribution in [3.8, 4) is 0 Å². The van der Waals surface area contributed by atoms with E-state index in [2.05, 4.69) is 36.3 Å². The van der Waals surface area contributed by atoms with Crippen molar-refractivity contribution >= 4 is 29.9 Å². The molecule has 6 heteroatoms. The summed E-state index contributed by atoms with van der Waals surface area (Å²) >= 11 is 0. The molecule has 1 aliphatic rings. The lowest BCUT2D eigenvalue weighted by Gasteiger charge is -2.33. The smallest absolute Gasteiger partial charge is 0.191 e. The first kappa shape index (κ1) is 22.9. The zero-order valence-corrected chi connectivity index (χ0v) is 17.8. The van der Waals surface area contributed by atoms with Crippen LogP contribution in [0.5, 0.6) is 0 Å². The molecule has 1 fully saturated rings. The minimum atomic E-state index is 0. The van der Waals surface area contributed by atoms with E-state index >= 15 is 0 Å². The monoisotopic (exact) mass is 440 g/mol. The lowest BCUT2D eigenvalue weighted by Crippen LogP contribution is -2.41. The summed E-state index contributed by atoms with van der Waals surface area (Å²) in [6.07, 6.45) is 3.62. The molecule has 0 aromatic rings. The highest BCUT2D eigenvalue weighted by atomic mass is 127. The van der Waals surface area contributed by atoms with Gasteiger partial charge in [0.1, 0.15) is 0 Å². The van der Waals surface area contributed by atoms with Crippen molar-refractivity contribution in [1.82, 2.24) is 15.5 Å². The zero-order valence-electron chi connectivity index (χ0n) is 15.4. The van der Waals surface area contributed by atoms with Gasteiger partial charge in [0.25, 0.3) is 0 Å². The number of aliphatic imine (C=N–C) groups is 1. The number of methoxy groups -OCH3 is 1. The second kappa shape index (κ2) is 14.3. The number of hydrogen-bond donors (Lipinski definition) is 2. The summed E-state index contributed by atoms with van der Waals surface area (Å²) in [5, 5.41) is 6.71. The average Bonchev–Trinajstić information content (AvgIpc) is 2.49. The number of nitrogens with zero attached hydrogens (tertiary/aromatic N) is 2. The topological polar surface area (TPSA) is 48.9 Å². The number of likely N-dealkylation sites (tertiary alicyclic amines) is 1. The highest BCUT2D eigenvalue weighted by Gasteiger charge is 2.20. The van der Waals surface area contributed by atoms with Gasteiger partial charge in [0.15, 0.2) is 5.96 Å². The number of piperidine rings is 1. The van der Waals surface area contributed by atoms with Gasteiger partial charge in [0.2, 0.25) is 0 Å². The minimum absolute atomic E-state index is 0. The second-order valence-electron chi connectivity index (χ2n) is 6.65. The third-order valence-electron chi connectivity index (χ3n) is 3.90. The van der Waals surface area contributed by atoms with Crippen LogP contribution in [0.3, 0.4) is 0 Å². The summed E-state index contributed by atoms with van der Waals surface area (Å²) in [6, 6.07) is 0. The van der Waals surface area contributed by atoms with Crippen LogP contribution in [0.25, 0.3) is 0 Å². The van der Waals surface area contributed by atoms with Crippen molar-refractivity contribution in [1.29, 1.82) is 0 Å². The minimum Gasteiger partial charge on any atom is -0.385 e. The molecular weight excluding hydrogens is 403 g/mol. The Labute approximate surface area is 160 Å². The van der Waals surface area contributed by atoms with E-state index in [1.54, 1.807) is 7.11 Å². The van der Waals surface area contributed by atoms with E-state index in [0.717, 1.165) is 44.5 Å². The maximum Gasteiger partial charge on any atom is 0.191 e. The van der Waals surface area contributed by atoms with Crippen LogP contribution in [-0.2, 0) is 4.74 Å². The Bertz CT molecular complexity index is 313. The van der Waals surface area contributed by atoms with Gasteiger partial charge in [-0.3, -0.25) is 4.99 Å². The van der Waals surface area contributed by atoms with E-state index < -0.39 is 0 Å². The van der Waals surface area contributed by atoms with E-state index in [9.17, 15) is 0 Å². The van der Waals surface area contributed by atoms with Gasteiger partial charge in [0.05, 0.1) is 0 Å². The first-order chi connectivity index (χ1) is 10.7. The predicted octanol–water partition coefficient (Wildman–Crippen LogP) is 2.56.